The van der Waals surface area contributed by atoms with Gasteiger partial charge in [0.15, 0.2) is 0 Å². The van der Waals surface area contributed by atoms with Crippen LogP contribution in [0.15, 0.2) is 237 Å². The smallest absolute Gasteiger partial charge is 0.0467 e. The summed E-state index contributed by atoms with van der Waals surface area (Å²) >= 11 is 0. The summed E-state index contributed by atoms with van der Waals surface area (Å²) in [6.45, 7) is 0. The molecule has 0 unspecified atom stereocenters. The fourth-order valence-electron chi connectivity index (χ4n) is 7.64. The second kappa shape index (κ2) is 15.4. The van der Waals surface area contributed by atoms with Crippen LogP contribution in [0.3, 0.4) is 0 Å². The van der Waals surface area contributed by atoms with Crippen molar-refractivity contribution in [3.05, 3.63) is 237 Å². The minimum absolute atomic E-state index is 1.09. The Hall–Kier alpha value is -7.22. The number of nitrogens with zero attached hydrogens (tertiary/aromatic N) is 1. The topological polar surface area (TPSA) is 3.24 Å². The van der Waals surface area contributed by atoms with Crippen molar-refractivity contribution in [2.45, 2.75) is 0 Å². The summed E-state index contributed by atoms with van der Waals surface area (Å²) in [6, 6.07) is 85.0. The van der Waals surface area contributed by atoms with E-state index in [1.807, 2.05) is 0 Å². The van der Waals surface area contributed by atoms with Crippen molar-refractivity contribution < 1.29 is 0 Å². The van der Waals surface area contributed by atoms with E-state index >= 15 is 0 Å². The third-order valence-corrected chi connectivity index (χ3v) is 10.3. The van der Waals surface area contributed by atoms with Gasteiger partial charge < -0.3 is 4.90 Å². The molecule has 0 heterocycles. The van der Waals surface area contributed by atoms with Gasteiger partial charge in [-0.15, -0.1) is 0 Å². The first-order chi connectivity index (χ1) is 27.3. The zero-order valence-electron chi connectivity index (χ0n) is 30.5. The van der Waals surface area contributed by atoms with Crippen LogP contribution >= 0.6 is 0 Å². The van der Waals surface area contributed by atoms with Crippen LogP contribution in [0.5, 0.6) is 0 Å². The zero-order chi connectivity index (χ0) is 36.8. The summed E-state index contributed by atoms with van der Waals surface area (Å²) in [5.74, 6) is 0. The molecule has 0 spiro atoms. The van der Waals surface area contributed by atoms with Gasteiger partial charge in [-0.1, -0.05) is 200 Å². The van der Waals surface area contributed by atoms with Gasteiger partial charge in [-0.3, -0.25) is 0 Å². The molecule has 0 saturated heterocycles. The number of hydrogen-bond acceptors (Lipinski definition) is 1. The standard InChI is InChI=1S/C54H39N/c1-5-17-40(18-6-1)42-31-35-47(36-32-42)55(48-37-33-43(34-38-48)41-19-7-2-8-20-41)49-26-15-25-46(39-49)52-30-16-29-51(45-23-11-4-12-24-45)54(52)53-28-14-13-27-50(53)44-21-9-3-10-22-44/h1-39H. The Morgan fingerprint density at radius 3 is 1.05 bits per heavy atom. The van der Waals surface area contributed by atoms with Crippen molar-refractivity contribution in [2.75, 3.05) is 4.90 Å². The molecular weight excluding hydrogens is 663 g/mol. The van der Waals surface area contributed by atoms with Crippen LogP contribution in [0.4, 0.5) is 17.1 Å². The fraction of sp³-hybridized carbons (Fsp3) is 0. The molecule has 0 aliphatic rings. The first-order valence-corrected chi connectivity index (χ1v) is 18.8. The summed E-state index contributed by atoms with van der Waals surface area (Å²) in [4.78, 5) is 2.37. The predicted octanol–water partition coefficient (Wildman–Crippen LogP) is 15.2. The highest BCUT2D eigenvalue weighted by Crippen LogP contribution is 2.45. The second-order valence-electron chi connectivity index (χ2n) is 13.7. The molecule has 0 bridgehead atoms. The van der Waals surface area contributed by atoms with Gasteiger partial charge in [0.2, 0.25) is 0 Å². The third-order valence-electron chi connectivity index (χ3n) is 10.3. The van der Waals surface area contributed by atoms with Crippen molar-refractivity contribution >= 4 is 17.1 Å². The molecule has 0 fully saturated rings. The van der Waals surface area contributed by atoms with Crippen molar-refractivity contribution in [3.8, 4) is 66.8 Å². The predicted molar refractivity (Wildman–Crippen MR) is 234 cm³/mol. The molecule has 9 aromatic rings. The van der Waals surface area contributed by atoms with Gasteiger partial charge in [0.25, 0.3) is 0 Å². The van der Waals surface area contributed by atoms with Crippen LogP contribution in [0.25, 0.3) is 66.8 Å². The maximum Gasteiger partial charge on any atom is 0.0467 e. The van der Waals surface area contributed by atoms with E-state index in [1.165, 1.54) is 61.2 Å². The Balaban J connectivity index is 1.21. The van der Waals surface area contributed by atoms with Crippen molar-refractivity contribution in [3.63, 3.8) is 0 Å². The molecule has 0 saturated carbocycles. The molecule has 55 heavy (non-hydrogen) atoms. The highest BCUT2D eigenvalue weighted by atomic mass is 15.1. The molecule has 0 radical (unpaired) electrons. The van der Waals surface area contributed by atoms with E-state index in [9.17, 15) is 0 Å². The van der Waals surface area contributed by atoms with Gasteiger partial charge >= 0.3 is 0 Å². The number of rotatable bonds is 9. The lowest BCUT2D eigenvalue weighted by Gasteiger charge is -2.27. The minimum atomic E-state index is 1.09. The number of anilines is 3. The van der Waals surface area contributed by atoms with Crippen molar-refractivity contribution in [2.24, 2.45) is 0 Å². The maximum absolute atomic E-state index is 2.37. The minimum Gasteiger partial charge on any atom is -0.310 e. The van der Waals surface area contributed by atoms with E-state index in [2.05, 4.69) is 241 Å². The van der Waals surface area contributed by atoms with E-state index in [-0.39, 0.29) is 0 Å². The monoisotopic (exact) mass is 701 g/mol. The van der Waals surface area contributed by atoms with E-state index < -0.39 is 0 Å². The van der Waals surface area contributed by atoms with E-state index in [0.29, 0.717) is 0 Å². The molecule has 0 amide bonds. The molecule has 9 aromatic carbocycles. The Labute approximate surface area is 324 Å². The van der Waals surface area contributed by atoms with Crippen LogP contribution in [0.1, 0.15) is 0 Å². The normalized spacial score (nSPS) is 10.9. The highest BCUT2D eigenvalue weighted by molar-refractivity contribution is 6.00. The average Bonchev–Trinajstić information content (AvgIpc) is 3.28. The van der Waals surface area contributed by atoms with Gasteiger partial charge in [0.05, 0.1) is 0 Å². The van der Waals surface area contributed by atoms with E-state index in [0.717, 1.165) is 22.6 Å². The summed E-state index contributed by atoms with van der Waals surface area (Å²) in [7, 11) is 0. The number of benzene rings is 9. The summed E-state index contributed by atoms with van der Waals surface area (Å²) in [5, 5.41) is 0. The average molecular weight is 702 g/mol. The van der Waals surface area contributed by atoms with Crippen molar-refractivity contribution in [1.82, 2.24) is 0 Å². The SMILES string of the molecule is c1ccc(-c2ccc(N(c3ccc(-c4ccccc4)cc3)c3cccc(-c4cccc(-c5ccccc5)c4-c4ccccc4-c4ccccc4)c3)cc2)cc1. The Bertz CT molecular complexity index is 2560. The van der Waals surface area contributed by atoms with E-state index in [4.69, 9.17) is 0 Å². The lowest BCUT2D eigenvalue weighted by Crippen LogP contribution is -2.10. The molecule has 0 N–H and O–H groups in total. The Kier molecular flexibility index (Phi) is 9.41. The molecule has 260 valence electrons. The molecule has 9 rings (SSSR count). The van der Waals surface area contributed by atoms with Crippen LogP contribution in [-0.2, 0) is 0 Å². The molecule has 0 aliphatic heterocycles. The first-order valence-electron chi connectivity index (χ1n) is 18.8. The van der Waals surface area contributed by atoms with Crippen molar-refractivity contribution in [1.29, 1.82) is 0 Å². The molecule has 0 aromatic heterocycles. The lowest BCUT2D eigenvalue weighted by molar-refractivity contribution is 1.28. The van der Waals surface area contributed by atoms with Crippen LogP contribution in [-0.4, -0.2) is 0 Å². The summed E-state index contributed by atoms with van der Waals surface area (Å²) in [5.41, 5.74) is 17.6. The molecular formula is C54H39N. The zero-order valence-corrected chi connectivity index (χ0v) is 30.5. The Morgan fingerprint density at radius 2 is 0.545 bits per heavy atom. The molecule has 0 aliphatic carbocycles. The lowest BCUT2D eigenvalue weighted by atomic mass is 9.84. The summed E-state index contributed by atoms with van der Waals surface area (Å²) < 4.78 is 0. The van der Waals surface area contributed by atoms with Gasteiger partial charge in [0, 0.05) is 17.1 Å². The van der Waals surface area contributed by atoms with E-state index in [1.54, 1.807) is 0 Å². The van der Waals surface area contributed by atoms with Gasteiger partial charge in [-0.25, -0.2) is 0 Å². The molecule has 0 atom stereocenters. The maximum atomic E-state index is 2.37. The second-order valence-corrected chi connectivity index (χ2v) is 13.7. The molecule has 1 nitrogen and oxygen atoms in total. The van der Waals surface area contributed by atoms with Gasteiger partial charge in [0.1, 0.15) is 0 Å². The van der Waals surface area contributed by atoms with Gasteiger partial charge in [-0.05, 0) is 103 Å². The quantitative estimate of drug-likeness (QED) is 0.145. The van der Waals surface area contributed by atoms with Crippen LogP contribution in [0.2, 0.25) is 0 Å². The molecule has 1 heteroatoms. The van der Waals surface area contributed by atoms with Crippen LogP contribution in [0, 0.1) is 0 Å². The number of hydrogen-bond donors (Lipinski definition) is 0. The highest BCUT2D eigenvalue weighted by Gasteiger charge is 2.19. The van der Waals surface area contributed by atoms with Gasteiger partial charge in [-0.2, -0.15) is 0 Å². The van der Waals surface area contributed by atoms with Crippen LogP contribution < -0.4 is 4.90 Å². The largest absolute Gasteiger partial charge is 0.310 e. The summed E-state index contributed by atoms with van der Waals surface area (Å²) in [6.07, 6.45) is 0. The first kappa shape index (κ1) is 33.6. The third kappa shape index (κ3) is 7.00. The Morgan fingerprint density at radius 1 is 0.200 bits per heavy atom. The fourth-order valence-corrected chi connectivity index (χ4v) is 7.64.